The Morgan fingerprint density at radius 2 is 2.47 bits per heavy atom. The van der Waals surface area contributed by atoms with Gasteiger partial charge in [0.2, 0.25) is 0 Å². The average Bonchev–Trinajstić information content (AvgIpc) is 2.83. The molecule has 3 heteroatoms. The van der Waals surface area contributed by atoms with Crippen molar-refractivity contribution in [3.63, 3.8) is 0 Å². The van der Waals surface area contributed by atoms with Gasteiger partial charge in [0.1, 0.15) is 0 Å². The Hall–Kier alpha value is -0.380. The Kier molecular flexibility index (Phi) is 2.54. The predicted octanol–water partition coefficient (Wildman–Crippen LogP) is 2.51. The first-order valence-electron chi connectivity index (χ1n) is 5.82. The van der Waals surface area contributed by atoms with Crippen LogP contribution in [0.5, 0.6) is 0 Å². The third kappa shape index (κ3) is 1.53. The Bertz CT molecular complexity index is 310. The first kappa shape index (κ1) is 9.82. The van der Waals surface area contributed by atoms with Crippen molar-refractivity contribution in [3.8, 4) is 0 Å². The molecule has 0 radical (unpaired) electrons. The molecule has 2 heterocycles. The molecule has 0 amide bonds. The van der Waals surface area contributed by atoms with Gasteiger partial charge in [-0.25, -0.2) is 0 Å². The lowest BCUT2D eigenvalue weighted by atomic mass is 9.77. The van der Waals surface area contributed by atoms with Crippen LogP contribution in [0, 0.1) is 0 Å². The van der Waals surface area contributed by atoms with E-state index in [0.717, 1.165) is 13.2 Å². The summed E-state index contributed by atoms with van der Waals surface area (Å²) in [4.78, 5) is 1.46. The van der Waals surface area contributed by atoms with Crippen molar-refractivity contribution in [3.05, 3.63) is 22.4 Å². The molecule has 2 nitrogen and oxygen atoms in total. The highest BCUT2D eigenvalue weighted by Crippen LogP contribution is 2.42. The van der Waals surface area contributed by atoms with E-state index >= 15 is 0 Å². The third-order valence-corrected chi connectivity index (χ3v) is 4.71. The fourth-order valence-electron chi connectivity index (χ4n) is 2.95. The molecule has 15 heavy (non-hydrogen) atoms. The topological polar surface area (TPSA) is 21.3 Å². The molecule has 0 bridgehead atoms. The van der Waals surface area contributed by atoms with Crippen LogP contribution in [0.2, 0.25) is 0 Å². The number of hydrogen-bond donors (Lipinski definition) is 1. The lowest BCUT2D eigenvalue weighted by Gasteiger charge is -2.47. The van der Waals surface area contributed by atoms with Crippen molar-refractivity contribution in [2.45, 2.75) is 37.3 Å². The maximum atomic E-state index is 5.95. The van der Waals surface area contributed by atoms with E-state index in [9.17, 15) is 0 Å². The van der Waals surface area contributed by atoms with Crippen molar-refractivity contribution in [2.24, 2.45) is 0 Å². The lowest BCUT2D eigenvalue weighted by molar-refractivity contribution is -0.0742. The minimum Gasteiger partial charge on any atom is -0.375 e. The molecule has 1 saturated carbocycles. The Morgan fingerprint density at radius 3 is 3.33 bits per heavy atom. The molecular formula is C12H17NOS. The van der Waals surface area contributed by atoms with E-state index in [1.165, 1.54) is 30.6 Å². The van der Waals surface area contributed by atoms with Crippen LogP contribution < -0.4 is 5.32 Å². The maximum absolute atomic E-state index is 5.95. The second-order valence-corrected chi connectivity index (χ2v) is 5.43. The highest BCUT2D eigenvalue weighted by Gasteiger charge is 2.45. The first-order chi connectivity index (χ1) is 7.42. The molecule has 1 N–H and O–H groups in total. The molecule has 82 valence electrons. The lowest BCUT2D eigenvalue weighted by Crippen LogP contribution is -2.58. The van der Waals surface area contributed by atoms with Crippen LogP contribution in [-0.4, -0.2) is 19.3 Å². The number of morpholine rings is 1. The van der Waals surface area contributed by atoms with Gasteiger partial charge < -0.3 is 10.1 Å². The van der Waals surface area contributed by atoms with Gasteiger partial charge in [-0.2, -0.15) is 0 Å². The third-order valence-electron chi connectivity index (χ3n) is 3.66. The quantitative estimate of drug-likeness (QED) is 0.790. The largest absolute Gasteiger partial charge is 0.375 e. The monoisotopic (exact) mass is 223 g/mol. The fourth-order valence-corrected chi connectivity index (χ4v) is 3.92. The van der Waals surface area contributed by atoms with E-state index in [-0.39, 0.29) is 5.54 Å². The molecule has 1 aromatic heterocycles. The summed E-state index contributed by atoms with van der Waals surface area (Å²) in [6.45, 7) is 1.87. The highest BCUT2D eigenvalue weighted by molar-refractivity contribution is 7.10. The van der Waals surface area contributed by atoms with Crippen LogP contribution in [-0.2, 0) is 10.3 Å². The summed E-state index contributed by atoms with van der Waals surface area (Å²) >= 11 is 1.86. The SMILES string of the molecule is c1csc(C23CCCCC2OCCN3)c1. The van der Waals surface area contributed by atoms with Gasteiger partial charge in [0.25, 0.3) is 0 Å². The zero-order valence-electron chi connectivity index (χ0n) is 8.87. The molecule has 2 fully saturated rings. The number of rotatable bonds is 1. The molecule has 1 saturated heterocycles. The van der Waals surface area contributed by atoms with E-state index in [0.29, 0.717) is 6.10 Å². The summed E-state index contributed by atoms with van der Waals surface area (Å²) in [5, 5.41) is 5.90. The summed E-state index contributed by atoms with van der Waals surface area (Å²) < 4.78 is 5.95. The highest BCUT2D eigenvalue weighted by atomic mass is 32.1. The minimum absolute atomic E-state index is 0.144. The number of nitrogens with one attached hydrogen (secondary N) is 1. The Morgan fingerprint density at radius 1 is 1.47 bits per heavy atom. The smallest absolute Gasteiger partial charge is 0.0807 e. The standard InChI is InChI=1S/C12H17NOS/c1-2-6-12(11-5-3-9-15-11)10(4-1)14-8-7-13-12/h3,5,9-10,13H,1-2,4,6-8H2. The molecule has 2 unspecified atom stereocenters. The van der Waals surface area contributed by atoms with Crippen molar-refractivity contribution >= 4 is 11.3 Å². The van der Waals surface area contributed by atoms with Gasteiger partial charge >= 0.3 is 0 Å². The van der Waals surface area contributed by atoms with E-state index in [4.69, 9.17) is 4.74 Å². The molecule has 0 aromatic carbocycles. The van der Waals surface area contributed by atoms with Gasteiger partial charge in [-0.3, -0.25) is 0 Å². The molecule has 1 aliphatic carbocycles. The Labute approximate surface area is 94.6 Å². The van der Waals surface area contributed by atoms with Crippen LogP contribution in [0.25, 0.3) is 0 Å². The van der Waals surface area contributed by atoms with Gasteiger partial charge in [0.15, 0.2) is 0 Å². The van der Waals surface area contributed by atoms with Crippen molar-refractivity contribution in [1.82, 2.24) is 5.32 Å². The number of ether oxygens (including phenoxy) is 1. The van der Waals surface area contributed by atoms with Crippen molar-refractivity contribution < 1.29 is 4.74 Å². The summed E-state index contributed by atoms with van der Waals surface area (Å²) in [6, 6.07) is 4.40. The van der Waals surface area contributed by atoms with Gasteiger partial charge in [0.05, 0.1) is 18.2 Å². The van der Waals surface area contributed by atoms with Gasteiger partial charge in [-0.1, -0.05) is 18.9 Å². The fraction of sp³-hybridized carbons (Fsp3) is 0.667. The van der Waals surface area contributed by atoms with E-state index in [1.807, 2.05) is 11.3 Å². The normalized spacial score (nSPS) is 36.1. The summed E-state index contributed by atoms with van der Waals surface area (Å²) in [7, 11) is 0. The molecule has 1 aromatic rings. The average molecular weight is 223 g/mol. The molecule has 2 aliphatic rings. The van der Waals surface area contributed by atoms with E-state index < -0.39 is 0 Å². The van der Waals surface area contributed by atoms with Crippen LogP contribution in [0.15, 0.2) is 17.5 Å². The van der Waals surface area contributed by atoms with Crippen LogP contribution in [0.3, 0.4) is 0 Å². The van der Waals surface area contributed by atoms with Gasteiger partial charge in [0, 0.05) is 11.4 Å². The van der Waals surface area contributed by atoms with Crippen LogP contribution in [0.1, 0.15) is 30.6 Å². The maximum Gasteiger partial charge on any atom is 0.0807 e. The zero-order valence-corrected chi connectivity index (χ0v) is 9.69. The Balaban J connectivity index is 1.97. The van der Waals surface area contributed by atoms with Crippen molar-refractivity contribution in [2.75, 3.05) is 13.2 Å². The van der Waals surface area contributed by atoms with E-state index in [1.54, 1.807) is 0 Å². The van der Waals surface area contributed by atoms with Crippen LogP contribution in [0.4, 0.5) is 0 Å². The molecule has 3 rings (SSSR count). The second-order valence-electron chi connectivity index (χ2n) is 4.48. The van der Waals surface area contributed by atoms with Crippen molar-refractivity contribution in [1.29, 1.82) is 0 Å². The number of hydrogen-bond acceptors (Lipinski definition) is 3. The van der Waals surface area contributed by atoms with Crippen LogP contribution >= 0.6 is 11.3 Å². The number of fused-ring (bicyclic) bond motifs is 1. The summed E-state index contributed by atoms with van der Waals surface area (Å²) in [6.07, 6.45) is 5.49. The molecular weight excluding hydrogens is 206 g/mol. The zero-order chi connectivity index (χ0) is 10.1. The molecule has 0 spiro atoms. The van der Waals surface area contributed by atoms with Gasteiger partial charge in [-0.05, 0) is 24.3 Å². The van der Waals surface area contributed by atoms with Gasteiger partial charge in [-0.15, -0.1) is 11.3 Å². The number of thiophene rings is 1. The minimum atomic E-state index is 0.144. The summed E-state index contributed by atoms with van der Waals surface area (Å²) in [5.41, 5.74) is 0.144. The molecule has 2 atom stereocenters. The van der Waals surface area contributed by atoms with E-state index in [2.05, 4.69) is 22.8 Å². The summed E-state index contributed by atoms with van der Waals surface area (Å²) in [5.74, 6) is 0. The molecule has 1 aliphatic heterocycles. The predicted molar refractivity (Wildman–Crippen MR) is 62.2 cm³/mol. The second kappa shape index (κ2) is 3.89. The first-order valence-corrected chi connectivity index (χ1v) is 6.70.